The Morgan fingerprint density at radius 3 is 1.72 bits per heavy atom. The normalized spacial score (nSPS) is 20.2. The standard InChI is InChI=1S/C14H22F6N2O3/c1-7(2)8(12(24,13(15,16)17)14(18,19)20)25-9(23)10(3,4)11(5)21-6-22-11/h7-8,21-22,24H,6H2,1-5H3. The van der Waals surface area contributed by atoms with Gasteiger partial charge in [0.15, 0.2) is 6.10 Å². The molecule has 0 aromatic rings. The van der Waals surface area contributed by atoms with E-state index in [1.54, 1.807) is 0 Å². The van der Waals surface area contributed by atoms with E-state index in [2.05, 4.69) is 15.4 Å². The number of alkyl halides is 6. The highest BCUT2D eigenvalue weighted by molar-refractivity contribution is 5.78. The third-order valence-electron chi connectivity index (χ3n) is 4.76. The van der Waals surface area contributed by atoms with Gasteiger partial charge in [-0.1, -0.05) is 13.8 Å². The van der Waals surface area contributed by atoms with Gasteiger partial charge < -0.3 is 9.84 Å². The van der Waals surface area contributed by atoms with Gasteiger partial charge in [0.1, 0.15) is 0 Å². The molecule has 0 aromatic heterocycles. The van der Waals surface area contributed by atoms with Crippen molar-refractivity contribution in [2.75, 3.05) is 6.67 Å². The van der Waals surface area contributed by atoms with Crippen molar-refractivity contribution in [3.05, 3.63) is 0 Å². The van der Waals surface area contributed by atoms with Crippen molar-refractivity contribution < 1.29 is 41.0 Å². The Morgan fingerprint density at radius 1 is 1.08 bits per heavy atom. The van der Waals surface area contributed by atoms with E-state index in [0.717, 1.165) is 13.8 Å². The molecule has 1 rings (SSSR count). The maximum Gasteiger partial charge on any atom is 0.430 e. The van der Waals surface area contributed by atoms with Gasteiger partial charge in [0, 0.05) is 6.67 Å². The minimum atomic E-state index is -6.08. The summed E-state index contributed by atoms with van der Waals surface area (Å²) in [5.74, 6) is -2.76. The fraction of sp³-hybridized carbons (Fsp3) is 0.929. The van der Waals surface area contributed by atoms with Gasteiger partial charge >= 0.3 is 18.3 Å². The third kappa shape index (κ3) is 3.45. The monoisotopic (exact) mass is 380 g/mol. The van der Waals surface area contributed by atoms with Crippen molar-refractivity contribution in [2.24, 2.45) is 11.3 Å². The summed E-state index contributed by atoms with van der Waals surface area (Å²) in [6, 6.07) is 0. The minimum Gasteiger partial charge on any atom is -0.458 e. The van der Waals surface area contributed by atoms with E-state index in [1.807, 2.05) is 0 Å². The predicted octanol–water partition coefficient (Wildman–Crippen LogP) is 2.30. The van der Waals surface area contributed by atoms with E-state index in [4.69, 9.17) is 0 Å². The summed E-state index contributed by atoms with van der Waals surface area (Å²) in [6.07, 6.45) is -15.0. The highest BCUT2D eigenvalue weighted by atomic mass is 19.4. The molecule has 1 unspecified atom stereocenters. The highest BCUT2D eigenvalue weighted by Crippen LogP contribution is 2.48. The van der Waals surface area contributed by atoms with Crippen LogP contribution in [-0.4, -0.2) is 47.5 Å². The summed E-state index contributed by atoms with van der Waals surface area (Å²) in [4.78, 5) is 12.4. The van der Waals surface area contributed by atoms with E-state index in [9.17, 15) is 36.2 Å². The molecule has 0 aliphatic carbocycles. The molecule has 0 amide bonds. The average molecular weight is 380 g/mol. The molecule has 5 nitrogen and oxygen atoms in total. The molecule has 11 heteroatoms. The van der Waals surface area contributed by atoms with Crippen LogP contribution in [0.4, 0.5) is 26.3 Å². The van der Waals surface area contributed by atoms with Gasteiger partial charge in [-0.15, -0.1) is 0 Å². The van der Waals surface area contributed by atoms with E-state index in [0.29, 0.717) is 6.67 Å². The van der Waals surface area contributed by atoms with Crippen molar-refractivity contribution >= 4 is 5.97 Å². The van der Waals surface area contributed by atoms with Gasteiger partial charge in [-0.25, -0.2) is 0 Å². The lowest BCUT2D eigenvalue weighted by molar-refractivity contribution is -0.395. The number of hydrogen-bond acceptors (Lipinski definition) is 5. The lowest BCUT2D eigenvalue weighted by atomic mass is 9.77. The van der Waals surface area contributed by atoms with Crippen molar-refractivity contribution in [3.8, 4) is 0 Å². The van der Waals surface area contributed by atoms with Gasteiger partial charge in [0.05, 0.1) is 11.1 Å². The number of carbonyl (C=O) groups is 1. The number of aliphatic hydroxyl groups is 1. The molecule has 25 heavy (non-hydrogen) atoms. The summed E-state index contributed by atoms with van der Waals surface area (Å²) in [7, 11) is 0. The van der Waals surface area contributed by atoms with Crippen LogP contribution in [0, 0.1) is 11.3 Å². The van der Waals surface area contributed by atoms with Crippen molar-refractivity contribution in [1.82, 2.24) is 10.6 Å². The second-order valence-electron chi connectivity index (χ2n) is 7.11. The smallest absolute Gasteiger partial charge is 0.430 e. The van der Waals surface area contributed by atoms with Gasteiger partial charge in [0.2, 0.25) is 0 Å². The van der Waals surface area contributed by atoms with Crippen LogP contribution in [0.1, 0.15) is 34.6 Å². The molecule has 1 fully saturated rings. The predicted molar refractivity (Wildman–Crippen MR) is 75.1 cm³/mol. The number of nitrogens with one attached hydrogen (secondary N) is 2. The Bertz CT molecular complexity index is 498. The molecule has 0 aromatic carbocycles. The Balaban J connectivity index is 3.26. The van der Waals surface area contributed by atoms with Crippen LogP contribution in [0.15, 0.2) is 0 Å². The van der Waals surface area contributed by atoms with Crippen molar-refractivity contribution in [2.45, 2.75) is 64.3 Å². The van der Waals surface area contributed by atoms with Crippen LogP contribution >= 0.6 is 0 Å². The molecule has 1 saturated heterocycles. The Labute approximate surface area is 141 Å². The van der Waals surface area contributed by atoms with Crippen LogP contribution in [0.5, 0.6) is 0 Å². The lowest BCUT2D eigenvalue weighted by Crippen LogP contribution is -2.77. The van der Waals surface area contributed by atoms with E-state index in [-0.39, 0.29) is 0 Å². The molecule has 1 aliphatic heterocycles. The Kier molecular flexibility index (Phi) is 5.51. The molecule has 0 saturated carbocycles. The van der Waals surface area contributed by atoms with Crippen LogP contribution in [-0.2, 0) is 9.53 Å². The second-order valence-corrected chi connectivity index (χ2v) is 7.11. The van der Waals surface area contributed by atoms with Gasteiger partial charge in [-0.2, -0.15) is 26.3 Å². The molecular formula is C14H22F6N2O3. The number of ether oxygens (including phenoxy) is 1. The van der Waals surface area contributed by atoms with Crippen LogP contribution in [0.3, 0.4) is 0 Å². The van der Waals surface area contributed by atoms with Crippen LogP contribution in [0.25, 0.3) is 0 Å². The number of halogens is 6. The highest BCUT2D eigenvalue weighted by Gasteiger charge is 2.76. The summed E-state index contributed by atoms with van der Waals surface area (Å²) >= 11 is 0. The summed E-state index contributed by atoms with van der Waals surface area (Å²) in [6.45, 7) is 6.44. The first-order chi connectivity index (χ1) is 10.9. The van der Waals surface area contributed by atoms with Crippen LogP contribution < -0.4 is 10.6 Å². The molecule has 0 spiro atoms. The minimum absolute atomic E-state index is 0.315. The first-order valence-electron chi connectivity index (χ1n) is 7.49. The molecule has 1 atom stereocenters. The molecular weight excluding hydrogens is 358 g/mol. The van der Waals surface area contributed by atoms with Gasteiger partial charge in [0.25, 0.3) is 5.60 Å². The first kappa shape index (κ1) is 22.0. The fourth-order valence-corrected chi connectivity index (χ4v) is 2.45. The van der Waals surface area contributed by atoms with E-state index in [1.165, 1.54) is 20.8 Å². The molecule has 1 aliphatic rings. The third-order valence-corrected chi connectivity index (χ3v) is 4.76. The lowest BCUT2D eigenvalue weighted by Gasteiger charge is -2.51. The quantitative estimate of drug-likeness (QED) is 0.504. The van der Waals surface area contributed by atoms with Gasteiger partial charge in [-0.3, -0.25) is 15.4 Å². The summed E-state index contributed by atoms with van der Waals surface area (Å²) < 4.78 is 83.1. The summed E-state index contributed by atoms with van der Waals surface area (Å²) in [5, 5.41) is 15.2. The first-order valence-corrected chi connectivity index (χ1v) is 7.49. The van der Waals surface area contributed by atoms with E-state index >= 15 is 0 Å². The average Bonchev–Trinajstić information content (AvgIpc) is 2.37. The number of hydrogen-bond donors (Lipinski definition) is 3. The largest absolute Gasteiger partial charge is 0.458 e. The number of carbonyl (C=O) groups excluding carboxylic acids is 1. The van der Waals surface area contributed by atoms with E-state index < -0.39 is 47.0 Å². The van der Waals surface area contributed by atoms with Crippen LogP contribution in [0.2, 0.25) is 0 Å². The fourth-order valence-electron chi connectivity index (χ4n) is 2.45. The van der Waals surface area contributed by atoms with Gasteiger partial charge in [-0.05, 0) is 26.7 Å². The summed E-state index contributed by atoms with van der Waals surface area (Å²) in [5.41, 5.74) is -7.75. The van der Waals surface area contributed by atoms with Crippen molar-refractivity contribution in [1.29, 1.82) is 0 Å². The zero-order valence-corrected chi connectivity index (χ0v) is 14.4. The molecule has 0 radical (unpaired) electrons. The molecule has 3 N–H and O–H groups in total. The molecule has 148 valence electrons. The Hall–Kier alpha value is -1.07. The maximum absolute atomic E-state index is 13.1. The zero-order chi connectivity index (χ0) is 20.1. The van der Waals surface area contributed by atoms with Crippen molar-refractivity contribution in [3.63, 3.8) is 0 Å². The number of rotatable bonds is 5. The Morgan fingerprint density at radius 2 is 1.48 bits per heavy atom. The zero-order valence-electron chi connectivity index (χ0n) is 14.4. The number of esters is 1. The second kappa shape index (κ2) is 6.27. The molecule has 1 heterocycles. The topological polar surface area (TPSA) is 70.6 Å². The molecule has 0 bridgehead atoms. The maximum atomic E-state index is 13.1. The SMILES string of the molecule is CC(C)C(OC(=O)C(C)(C)C1(C)NCN1)C(O)(C(F)(F)F)C(F)(F)F.